The molecule has 30 heavy (non-hydrogen) atoms. The minimum Gasteiger partial charge on any atom is -0.477 e. The first kappa shape index (κ1) is 28.5. The number of hydrogen-bond donors (Lipinski definition) is 2. The molecule has 2 N–H and O–H groups in total. The number of amidine groups is 1. The highest BCUT2D eigenvalue weighted by atomic mass is 16.4. The van der Waals surface area contributed by atoms with Gasteiger partial charge in [-0.15, -0.1) is 0 Å². The number of nitrogens with zero attached hydrogens (tertiary/aromatic N) is 3. The average molecular weight is 430 g/mol. The number of likely N-dealkylation sites (N-methyl/N-ethyl adjacent to an activating group) is 2. The number of carboxylic acid groups (broad SMARTS) is 2. The number of aliphatic imine (C=N–C) groups is 1. The van der Waals surface area contributed by atoms with Crippen molar-refractivity contribution in [2.75, 3.05) is 54.4 Å². The fourth-order valence-corrected chi connectivity index (χ4v) is 3.69. The van der Waals surface area contributed by atoms with Gasteiger partial charge in [0.05, 0.1) is 34.7 Å². The third kappa shape index (κ3) is 15.4. The van der Waals surface area contributed by atoms with E-state index in [-0.39, 0.29) is 13.1 Å². The van der Waals surface area contributed by atoms with Crippen LogP contribution in [0.1, 0.15) is 77.6 Å². The molecule has 7 nitrogen and oxygen atoms in total. The van der Waals surface area contributed by atoms with Crippen LogP contribution < -0.4 is 0 Å². The van der Waals surface area contributed by atoms with Gasteiger partial charge < -0.3 is 14.7 Å². The topological polar surface area (TPSA) is 87.0 Å². The smallest absolute Gasteiger partial charge is 0.359 e. The molecular formula is C23H47N3O4+2. The van der Waals surface area contributed by atoms with E-state index >= 15 is 0 Å². The molecule has 0 aromatic heterocycles. The fraction of sp³-hybridized carbons (Fsp3) is 0.870. The Morgan fingerprint density at radius 3 is 1.80 bits per heavy atom. The van der Waals surface area contributed by atoms with Crippen molar-refractivity contribution in [2.24, 2.45) is 4.99 Å². The maximum Gasteiger partial charge on any atom is 0.359 e. The normalized spacial score (nSPS) is 18.5. The first-order valence-corrected chi connectivity index (χ1v) is 11.6. The van der Waals surface area contributed by atoms with Crippen LogP contribution in [0.15, 0.2) is 4.99 Å². The van der Waals surface area contributed by atoms with Crippen LogP contribution in [0.5, 0.6) is 0 Å². The van der Waals surface area contributed by atoms with Crippen molar-refractivity contribution in [1.82, 2.24) is 0 Å². The number of carboxylic acids is 2. The average Bonchev–Trinajstić information content (AvgIpc) is 2.94. The number of hydrogen-bond acceptors (Lipinski definition) is 3. The lowest BCUT2D eigenvalue weighted by atomic mass is 10.1. The van der Waals surface area contributed by atoms with Crippen LogP contribution in [0, 0.1) is 0 Å². The van der Waals surface area contributed by atoms with Crippen molar-refractivity contribution >= 4 is 17.8 Å². The predicted molar refractivity (Wildman–Crippen MR) is 123 cm³/mol. The minimum atomic E-state index is -0.752. The van der Waals surface area contributed by atoms with Crippen LogP contribution in [0.4, 0.5) is 0 Å². The van der Waals surface area contributed by atoms with Crippen LogP contribution in [0.25, 0.3) is 0 Å². The number of carbonyl (C=O) groups is 2. The molecule has 1 atom stereocenters. The van der Waals surface area contributed by atoms with Crippen LogP contribution >= 0.6 is 0 Å². The van der Waals surface area contributed by atoms with Crippen LogP contribution in [-0.4, -0.2) is 91.3 Å². The minimum absolute atomic E-state index is 0.177. The molecule has 1 rings (SSSR count). The largest absolute Gasteiger partial charge is 0.477 e. The fourth-order valence-electron chi connectivity index (χ4n) is 3.69. The summed E-state index contributed by atoms with van der Waals surface area (Å²) in [5.41, 5.74) is 0. The third-order valence-corrected chi connectivity index (χ3v) is 5.36. The lowest BCUT2D eigenvalue weighted by Crippen LogP contribution is -2.50. The van der Waals surface area contributed by atoms with Crippen molar-refractivity contribution in [3.8, 4) is 0 Å². The molecule has 0 radical (unpaired) electrons. The van der Waals surface area contributed by atoms with Crippen LogP contribution in [0.2, 0.25) is 0 Å². The van der Waals surface area contributed by atoms with Gasteiger partial charge in [-0.1, -0.05) is 64.7 Å². The second kappa shape index (κ2) is 15.3. The molecule has 0 aromatic carbocycles. The molecule has 0 amide bonds. The van der Waals surface area contributed by atoms with Crippen molar-refractivity contribution in [1.29, 1.82) is 0 Å². The Morgan fingerprint density at radius 2 is 1.40 bits per heavy atom. The van der Waals surface area contributed by atoms with Gasteiger partial charge in [0.1, 0.15) is 6.54 Å². The molecule has 0 spiro atoms. The molecule has 0 fully saturated rings. The SMILES string of the molecule is CCCCCCCCCCCCC1=NCC[N+]1(C)CC(=O)O.C[N+](C)(C)CC(=O)O. The van der Waals surface area contributed by atoms with Gasteiger partial charge in [0.25, 0.3) is 0 Å². The third-order valence-electron chi connectivity index (χ3n) is 5.36. The van der Waals surface area contributed by atoms with Gasteiger partial charge in [-0.2, -0.15) is 0 Å². The summed E-state index contributed by atoms with van der Waals surface area (Å²) in [6.45, 7) is 4.25. The van der Waals surface area contributed by atoms with E-state index in [4.69, 9.17) is 10.2 Å². The first-order valence-electron chi connectivity index (χ1n) is 11.6. The van der Waals surface area contributed by atoms with E-state index in [2.05, 4.69) is 11.9 Å². The van der Waals surface area contributed by atoms with E-state index in [0.717, 1.165) is 31.8 Å². The van der Waals surface area contributed by atoms with E-state index in [9.17, 15) is 9.59 Å². The molecular weight excluding hydrogens is 382 g/mol. The van der Waals surface area contributed by atoms with Gasteiger partial charge in [-0.05, 0) is 6.42 Å². The van der Waals surface area contributed by atoms with Gasteiger partial charge in [-0.25, -0.2) is 14.6 Å². The lowest BCUT2D eigenvalue weighted by Gasteiger charge is -2.28. The van der Waals surface area contributed by atoms with Gasteiger partial charge in [0, 0.05) is 6.42 Å². The van der Waals surface area contributed by atoms with E-state index in [1.54, 1.807) is 0 Å². The highest BCUT2D eigenvalue weighted by Crippen LogP contribution is 2.18. The van der Waals surface area contributed by atoms with E-state index in [1.807, 2.05) is 28.2 Å². The molecule has 1 unspecified atom stereocenters. The number of quaternary nitrogens is 2. The molecule has 0 aromatic rings. The standard InChI is InChI=1S/C18H34N2O2.C5H11NO2/c1-3-4-5-6-7-8-9-10-11-12-13-17-19-14-15-20(17,2)16-18(21)22;1-6(2,3)4-5(7)8/h3-16H2,1-2H3;4H2,1-3H3/p+2. The van der Waals surface area contributed by atoms with Crippen molar-refractivity contribution in [3.05, 3.63) is 0 Å². The van der Waals surface area contributed by atoms with Crippen molar-refractivity contribution in [2.45, 2.75) is 77.6 Å². The summed E-state index contributed by atoms with van der Waals surface area (Å²) >= 11 is 0. The van der Waals surface area contributed by atoms with Crippen LogP contribution in [0.3, 0.4) is 0 Å². The van der Waals surface area contributed by atoms with Gasteiger partial charge in [0.2, 0.25) is 0 Å². The summed E-state index contributed by atoms with van der Waals surface area (Å²) in [6, 6.07) is 0. The zero-order valence-electron chi connectivity index (χ0n) is 20.2. The molecule has 0 saturated carbocycles. The Balaban J connectivity index is 0.000000890. The Bertz CT molecular complexity index is 529. The number of aliphatic carboxylic acids is 2. The monoisotopic (exact) mass is 429 g/mol. The summed E-state index contributed by atoms with van der Waals surface area (Å²) in [4.78, 5) is 25.5. The molecule has 1 aliphatic rings. The van der Waals surface area contributed by atoms with Gasteiger partial charge >= 0.3 is 11.9 Å². The molecule has 0 aliphatic carbocycles. The zero-order chi connectivity index (χ0) is 23.0. The van der Waals surface area contributed by atoms with E-state index in [1.165, 1.54) is 57.8 Å². The number of unbranched alkanes of at least 4 members (excludes halogenated alkanes) is 9. The maximum absolute atomic E-state index is 11.0. The Kier molecular flexibility index (Phi) is 14.6. The first-order chi connectivity index (χ1) is 14.0. The zero-order valence-corrected chi connectivity index (χ0v) is 20.2. The highest BCUT2D eigenvalue weighted by molar-refractivity contribution is 5.79. The Morgan fingerprint density at radius 1 is 0.900 bits per heavy atom. The Labute approximate surface area is 184 Å². The highest BCUT2D eigenvalue weighted by Gasteiger charge is 2.35. The maximum atomic E-state index is 11.0. The summed E-state index contributed by atoms with van der Waals surface area (Å²) in [5.74, 6) is -0.375. The second-order valence-corrected chi connectivity index (χ2v) is 9.74. The van der Waals surface area contributed by atoms with Crippen molar-refractivity contribution in [3.63, 3.8) is 0 Å². The molecule has 0 bridgehead atoms. The van der Waals surface area contributed by atoms with Gasteiger partial charge in [0.15, 0.2) is 18.9 Å². The summed E-state index contributed by atoms with van der Waals surface area (Å²) in [5, 5.41) is 17.3. The van der Waals surface area contributed by atoms with E-state index < -0.39 is 11.9 Å². The quantitative estimate of drug-likeness (QED) is 0.304. The molecule has 7 heteroatoms. The summed E-state index contributed by atoms with van der Waals surface area (Å²) < 4.78 is 1.00. The van der Waals surface area contributed by atoms with Gasteiger partial charge in [-0.3, -0.25) is 4.48 Å². The predicted octanol–water partition coefficient (Wildman–Crippen LogP) is 4.02. The summed E-state index contributed by atoms with van der Waals surface area (Å²) in [7, 11) is 7.53. The molecule has 176 valence electrons. The van der Waals surface area contributed by atoms with Crippen LogP contribution in [-0.2, 0) is 9.59 Å². The number of rotatable bonds is 15. The lowest BCUT2D eigenvalue weighted by molar-refractivity contribution is -0.862. The molecule has 1 aliphatic heterocycles. The summed E-state index contributed by atoms with van der Waals surface area (Å²) in [6.07, 6.45) is 14.3. The molecule has 1 heterocycles. The molecule has 0 saturated heterocycles. The van der Waals surface area contributed by atoms with E-state index in [0.29, 0.717) is 8.97 Å². The second-order valence-electron chi connectivity index (χ2n) is 9.74. The Hall–Kier alpha value is -1.47. The van der Waals surface area contributed by atoms with Crippen molar-refractivity contribution < 1.29 is 28.8 Å².